The summed E-state index contributed by atoms with van der Waals surface area (Å²) < 4.78 is 10.6. The number of aryl methyl sites for hydroxylation is 1. The van der Waals surface area contributed by atoms with Crippen molar-refractivity contribution in [1.29, 1.82) is 0 Å². The topological polar surface area (TPSA) is 59.1 Å². The Morgan fingerprint density at radius 2 is 2.15 bits per heavy atom. The summed E-state index contributed by atoms with van der Waals surface area (Å²) in [5.41, 5.74) is 1.49. The molecule has 1 aromatic rings. The lowest BCUT2D eigenvalue weighted by atomic mass is 10.2. The lowest BCUT2D eigenvalue weighted by Crippen LogP contribution is -2.45. The van der Waals surface area contributed by atoms with Crippen molar-refractivity contribution in [3.63, 3.8) is 0 Å². The van der Waals surface area contributed by atoms with Crippen molar-refractivity contribution >= 4 is 17.6 Å². The van der Waals surface area contributed by atoms with Gasteiger partial charge in [0.05, 0.1) is 26.0 Å². The molecule has 1 atom stereocenters. The van der Waals surface area contributed by atoms with Gasteiger partial charge in [-0.25, -0.2) is 9.69 Å². The SMILES string of the molecule is COc1cc(C)ccc1N1C(=O)C2COCCN2C1=O. The van der Waals surface area contributed by atoms with Crippen molar-refractivity contribution in [3.8, 4) is 5.75 Å². The summed E-state index contributed by atoms with van der Waals surface area (Å²) in [4.78, 5) is 27.6. The second kappa shape index (κ2) is 4.79. The van der Waals surface area contributed by atoms with E-state index in [1.807, 2.05) is 19.1 Å². The van der Waals surface area contributed by atoms with Crippen LogP contribution in [0.2, 0.25) is 0 Å². The van der Waals surface area contributed by atoms with Crippen molar-refractivity contribution in [2.75, 3.05) is 31.8 Å². The third-order valence-electron chi connectivity index (χ3n) is 3.65. The van der Waals surface area contributed by atoms with Crippen LogP contribution >= 0.6 is 0 Å². The van der Waals surface area contributed by atoms with Crippen molar-refractivity contribution < 1.29 is 19.1 Å². The highest BCUT2D eigenvalue weighted by atomic mass is 16.5. The molecule has 0 N–H and O–H groups in total. The van der Waals surface area contributed by atoms with E-state index in [1.165, 1.54) is 12.0 Å². The molecule has 6 heteroatoms. The molecule has 0 radical (unpaired) electrons. The van der Waals surface area contributed by atoms with E-state index in [1.54, 1.807) is 11.0 Å². The third-order valence-corrected chi connectivity index (χ3v) is 3.65. The number of carbonyl (C=O) groups excluding carboxylic acids is 2. The van der Waals surface area contributed by atoms with Gasteiger partial charge in [-0.05, 0) is 24.6 Å². The van der Waals surface area contributed by atoms with Crippen LogP contribution in [0.15, 0.2) is 18.2 Å². The minimum atomic E-state index is -0.512. The molecular formula is C14H16N2O4. The lowest BCUT2D eigenvalue weighted by molar-refractivity contribution is -0.123. The molecule has 1 unspecified atom stereocenters. The summed E-state index contributed by atoms with van der Waals surface area (Å²) >= 11 is 0. The molecule has 2 aliphatic rings. The molecule has 3 amide bonds. The summed E-state index contributed by atoms with van der Waals surface area (Å²) in [6.07, 6.45) is 0. The summed E-state index contributed by atoms with van der Waals surface area (Å²) in [6, 6.07) is 4.59. The van der Waals surface area contributed by atoms with E-state index in [4.69, 9.17) is 9.47 Å². The number of nitrogens with zero attached hydrogens (tertiary/aromatic N) is 2. The van der Waals surface area contributed by atoms with Gasteiger partial charge in [-0.2, -0.15) is 0 Å². The third kappa shape index (κ3) is 1.84. The average Bonchev–Trinajstić information content (AvgIpc) is 2.72. The van der Waals surface area contributed by atoms with Crippen LogP contribution in [0.5, 0.6) is 5.75 Å². The molecule has 0 saturated carbocycles. The number of amides is 3. The van der Waals surface area contributed by atoms with E-state index >= 15 is 0 Å². The van der Waals surface area contributed by atoms with Crippen LogP contribution in [0.4, 0.5) is 10.5 Å². The quantitative estimate of drug-likeness (QED) is 0.761. The van der Waals surface area contributed by atoms with Crippen molar-refractivity contribution in [2.45, 2.75) is 13.0 Å². The number of benzene rings is 1. The van der Waals surface area contributed by atoms with E-state index in [2.05, 4.69) is 0 Å². The number of anilines is 1. The Bertz CT molecular complexity index is 548. The molecule has 2 aliphatic heterocycles. The number of imide groups is 1. The summed E-state index contributed by atoms with van der Waals surface area (Å²) in [7, 11) is 1.53. The van der Waals surface area contributed by atoms with Gasteiger partial charge < -0.3 is 14.4 Å². The zero-order chi connectivity index (χ0) is 14.3. The number of carbonyl (C=O) groups is 2. The highest BCUT2D eigenvalue weighted by Gasteiger charge is 2.48. The predicted octanol–water partition coefficient (Wildman–Crippen LogP) is 1.17. The van der Waals surface area contributed by atoms with Crippen molar-refractivity contribution in [2.24, 2.45) is 0 Å². The molecule has 2 fully saturated rings. The zero-order valence-corrected chi connectivity index (χ0v) is 11.5. The fourth-order valence-corrected chi connectivity index (χ4v) is 2.60. The molecule has 106 valence electrons. The van der Waals surface area contributed by atoms with Gasteiger partial charge in [0.2, 0.25) is 0 Å². The van der Waals surface area contributed by atoms with Gasteiger partial charge in [-0.15, -0.1) is 0 Å². The smallest absolute Gasteiger partial charge is 0.332 e. The van der Waals surface area contributed by atoms with Crippen LogP contribution in [0, 0.1) is 6.92 Å². The first-order valence-electron chi connectivity index (χ1n) is 6.50. The number of rotatable bonds is 2. The highest BCUT2D eigenvalue weighted by molar-refractivity contribution is 6.22. The second-order valence-corrected chi connectivity index (χ2v) is 4.92. The molecule has 0 spiro atoms. The predicted molar refractivity (Wildman–Crippen MR) is 71.9 cm³/mol. The fraction of sp³-hybridized carbons (Fsp3) is 0.429. The summed E-state index contributed by atoms with van der Waals surface area (Å²) in [5.74, 6) is 0.268. The van der Waals surface area contributed by atoms with E-state index in [0.29, 0.717) is 24.6 Å². The van der Waals surface area contributed by atoms with Crippen LogP contribution in [-0.2, 0) is 9.53 Å². The van der Waals surface area contributed by atoms with Crippen molar-refractivity contribution in [3.05, 3.63) is 23.8 Å². The fourth-order valence-electron chi connectivity index (χ4n) is 2.60. The lowest BCUT2D eigenvalue weighted by Gasteiger charge is -2.26. The van der Waals surface area contributed by atoms with Gasteiger partial charge >= 0.3 is 6.03 Å². The molecule has 0 aromatic heterocycles. The molecular weight excluding hydrogens is 260 g/mol. The monoisotopic (exact) mass is 276 g/mol. The minimum absolute atomic E-state index is 0.253. The van der Waals surface area contributed by atoms with Gasteiger partial charge in [0.15, 0.2) is 0 Å². The minimum Gasteiger partial charge on any atom is -0.495 e. The maximum atomic E-state index is 12.4. The Kier molecular flexibility index (Phi) is 3.10. The highest BCUT2D eigenvalue weighted by Crippen LogP contribution is 2.34. The number of morpholine rings is 1. The normalized spacial score (nSPS) is 22.2. The van der Waals surface area contributed by atoms with E-state index < -0.39 is 6.04 Å². The number of methoxy groups -OCH3 is 1. The number of hydrogen-bond acceptors (Lipinski definition) is 4. The molecule has 3 rings (SSSR count). The Hall–Kier alpha value is -2.08. The molecule has 2 saturated heterocycles. The van der Waals surface area contributed by atoms with Crippen LogP contribution < -0.4 is 9.64 Å². The number of ether oxygens (including phenoxy) is 2. The van der Waals surface area contributed by atoms with E-state index in [-0.39, 0.29) is 18.5 Å². The Morgan fingerprint density at radius 1 is 1.35 bits per heavy atom. The maximum absolute atomic E-state index is 12.4. The molecule has 6 nitrogen and oxygen atoms in total. The Balaban J connectivity index is 2.01. The van der Waals surface area contributed by atoms with Gasteiger partial charge in [0.1, 0.15) is 11.8 Å². The van der Waals surface area contributed by atoms with Crippen LogP contribution in [-0.4, -0.2) is 49.7 Å². The number of hydrogen-bond donors (Lipinski definition) is 0. The first-order valence-corrected chi connectivity index (χ1v) is 6.50. The largest absolute Gasteiger partial charge is 0.495 e. The standard InChI is InChI=1S/C14H16N2O4/c1-9-3-4-10(12(7-9)19-2)16-13(17)11-8-20-6-5-15(11)14(16)18/h3-4,7,11H,5-6,8H2,1-2H3. The first kappa shape index (κ1) is 12.9. The average molecular weight is 276 g/mol. The molecule has 1 aromatic carbocycles. The molecule has 0 bridgehead atoms. The van der Waals surface area contributed by atoms with Gasteiger partial charge in [0, 0.05) is 6.54 Å². The van der Waals surface area contributed by atoms with Crippen LogP contribution in [0.3, 0.4) is 0 Å². The van der Waals surface area contributed by atoms with Crippen LogP contribution in [0.1, 0.15) is 5.56 Å². The first-order chi connectivity index (χ1) is 9.63. The van der Waals surface area contributed by atoms with Gasteiger partial charge in [-0.1, -0.05) is 6.07 Å². The zero-order valence-electron chi connectivity index (χ0n) is 11.5. The molecule has 2 heterocycles. The number of urea groups is 1. The van der Waals surface area contributed by atoms with E-state index in [0.717, 1.165) is 5.56 Å². The number of fused-ring (bicyclic) bond motifs is 1. The summed E-state index contributed by atoms with van der Waals surface area (Å²) in [5, 5.41) is 0. The van der Waals surface area contributed by atoms with Gasteiger partial charge in [0.25, 0.3) is 5.91 Å². The maximum Gasteiger partial charge on any atom is 0.332 e. The molecule has 0 aliphatic carbocycles. The summed E-state index contributed by atoms with van der Waals surface area (Å²) in [6.45, 7) is 3.10. The Morgan fingerprint density at radius 3 is 2.85 bits per heavy atom. The van der Waals surface area contributed by atoms with Crippen molar-refractivity contribution in [1.82, 2.24) is 4.90 Å². The van der Waals surface area contributed by atoms with Crippen LogP contribution in [0.25, 0.3) is 0 Å². The van der Waals surface area contributed by atoms with Gasteiger partial charge in [-0.3, -0.25) is 4.79 Å². The Labute approximate surface area is 116 Å². The van der Waals surface area contributed by atoms with E-state index in [9.17, 15) is 9.59 Å². The molecule has 20 heavy (non-hydrogen) atoms. The second-order valence-electron chi connectivity index (χ2n) is 4.92.